The molecule has 6 heteroatoms. The van der Waals surface area contributed by atoms with Gasteiger partial charge in [0.2, 0.25) is 17.7 Å². The third-order valence-electron chi connectivity index (χ3n) is 4.57. The molecule has 23 heavy (non-hydrogen) atoms. The number of hydrogen-bond acceptors (Lipinski definition) is 5. The van der Waals surface area contributed by atoms with Crippen LogP contribution in [0.15, 0.2) is 34.7 Å². The summed E-state index contributed by atoms with van der Waals surface area (Å²) in [7, 11) is 0. The van der Waals surface area contributed by atoms with Gasteiger partial charge in [-0.2, -0.15) is 0 Å². The zero-order chi connectivity index (χ0) is 15.8. The van der Waals surface area contributed by atoms with Gasteiger partial charge in [0.05, 0.1) is 13.2 Å². The first-order valence-corrected chi connectivity index (χ1v) is 7.97. The molecule has 3 atom stereocenters. The Balaban J connectivity index is 1.51. The molecule has 0 radical (unpaired) electrons. The van der Waals surface area contributed by atoms with Gasteiger partial charge in [0.1, 0.15) is 6.04 Å². The van der Waals surface area contributed by atoms with E-state index in [-0.39, 0.29) is 17.9 Å². The van der Waals surface area contributed by atoms with Crippen LogP contribution >= 0.6 is 0 Å². The molecule has 1 aliphatic heterocycles. The Hall–Kier alpha value is -2.21. The summed E-state index contributed by atoms with van der Waals surface area (Å²) in [6, 6.07) is 9.96. The van der Waals surface area contributed by atoms with Crippen molar-refractivity contribution in [1.82, 2.24) is 15.1 Å². The molecule has 1 saturated carbocycles. The molecule has 120 valence electrons. The van der Waals surface area contributed by atoms with Crippen LogP contribution in [0.5, 0.6) is 0 Å². The normalized spacial score (nSPS) is 27.0. The molecule has 4 rings (SSSR count). The summed E-state index contributed by atoms with van der Waals surface area (Å²) in [5.74, 6) is 1.53. The van der Waals surface area contributed by atoms with Crippen molar-refractivity contribution in [3.8, 4) is 0 Å². The number of morpholine rings is 1. The lowest BCUT2D eigenvalue weighted by molar-refractivity contribution is -0.142. The number of aryl methyl sites for hydroxylation is 1. The lowest BCUT2D eigenvalue weighted by atomic mass is 10.1. The summed E-state index contributed by atoms with van der Waals surface area (Å²) in [5, 5.41) is 7.94. The summed E-state index contributed by atoms with van der Waals surface area (Å²) in [6.45, 7) is 3.29. The van der Waals surface area contributed by atoms with E-state index in [1.54, 1.807) is 6.92 Å². The molecule has 1 aliphatic carbocycles. The zero-order valence-electron chi connectivity index (χ0n) is 13.0. The van der Waals surface area contributed by atoms with Gasteiger partial charge in [-0.1, -0.05) is 30.3 Å². The summed E-state index contributed by atoms with van der Waals surface area (Å²) in [4.78, 5) is 14.8. The molecule has 1 saturated heterocycles. The van der Waals surface area contributed by atoms with Crippen molar-refractivity contribution in [2.75, 3.05) is 19.8 Å². The second-order valence-corrected chi connectivity index (χ2v) is 6.14. The molecule has 0 N–H and O–H groups in total. The lowest BCUT2D eigenvalue weighted by Crippen LogP contribution is -2.44. The molecule has 0 bridgehead atoms. The van der Waals surface area contributed by atoms with Crippen LogP contribution in [0, 0.1) is 12.8 Å². The fourth-order valence-electron chi connectivity index (χ4n) is 3.27. The number of carbonyl (C=O) groups excluding carboxylic acids is 1. The first kappa shape index (κ1) is 14.4. The molecule has 2 heterocycles. The van der Waals surface area contributed by atoms with Crippen molar-refractivity contribution in [2.24, 2.45) is 5.92 Å². The third kappa shape index (κ3) is 2.74. The van der Waals surface area contributed by atoms with Crippen LogP contribution in [0.25, 0.3) is 0 Å². The number of amides is 1. The topological polar surface area (TPSA) is 68.5 Å². The summed E-state index contributed by atoms with van der Waals surface area (Å²) in [5.41, 5.74) is 1.24. The van der Waals surface area contributed by atoms with Gasteiger partial charge in [-0.15, -0.1) is 10.2 Å². The molecular formula is C17H19N3O3. The highest BCUT2D eigenvalue weighted by Crippen LogP contribution is 2.49. The maximum Gasteiger partial charge on any atom is 0.241 e. The number of nitrogens with zero attached hydrogens (tertiary/aromatic N) is 3. The van der Waals surface area contributed by atoms with E-state index in [2.05, 4.69) is 22.3 Å². The van der Waals surface area contributed by atoms with E-state index >= 15 is 0 Å². The first-order valence-electron chi connectivity index (χ1n) is 7.97. The van der Waals surface area contributed by atoms with Crippen molar-refractivity contribution in [3.63, 3.8) is 0 Å². The molecule has 3 unspecified atom stereocenters. The van der Waals surface area contributed by atoms with E-state index in [0.29, 0.717) is 37.5 Å². The monoisotopic (exact) mass is 313 g/mol. The van der Waals surface area contributed by atoms with Crippen molar-refractivity contribution in [2.45, 2.75) is 25.3 Å². The van der Waals surface area contributed by atoms with Crippen LogP contribution in [-0.4, -0.2) is 40.8 Å². The molecule has 2 aromatic rings. The molecule has 1 aromatic carbocycles. The Bertz CT molecular complexity index is 700. The number of hydrogen-bond donors (Lipinski definition) is 0. The fourth-order valence-corrected chi connectivity index (χ4v) is 3.27. The summed E-state index contributed by atoms with van der Waals surface area (Å²) in [6.07, 6.45) is 0.912. The number of ether oxygens (including phenoxy) is 1. The average molecular weight is 313 g/mol. The predicted octanol–water partition coefficient (Wildman–Crippen LogP) is 2.08. The highest BCUT2D eigenvalue weighted by atomic mass is 16.5. The first-order chi connectivity index (χ1) is 11.2. The van der Waals surface area contributed by atoms with Gasteiger partial charge in [-0.25, -0.2) is 0 Å². The standard InChI is InChI=1S/C17H19N3O3/c1-11-18-19-16(23-11)15-10-22-8-7-20(15)17(21)14-9-13(14)12-5-3-2-4-6-12/h2-6,13-15H,7-10H2,1H3. The van der Waals surface area contributed by atoms with E-state index < -0.39 is 0 Å². The van der Waals surface area contributed by atoms with Gasteiger partial charge in [0.25, 0.3) is 0 Å². The average Bonchev–Trinajstić information content (AvgIpc) is 3.29. The number of carbonyl (C=O) groups is 1. The third-order valence-corrected chi connectivity index (χ3v) is 4.57. The molecule has 0 spiro atoms. The maximum atomic E-state index is 12.9. The zero-order valence-corrected chi connectivity index (χ0v) is 13.0. The van der Waals surface area contributed by atoms with Crippen LogP contribution in [0.4, 0.5) is 0 Å². The Labute approximate surface area is 134 Å². The smallest absolute Gasteiger partial charge is 0.241 e. The van der Waals surface area contributed by atoms with Gasteiger partial charge < -0.3 is 14.1 Å². The van der Waals surface area contributed by atoms with Crippen molar-refractivity contribution < 1.29 is 13.9 Å². The highest BCUT2D eigenvalue weighted by molar-refractivity contribution is 5.83. The Morgan fingerprint density at radius 1 is 1.26 bits per heavy atom. The van der Waals surface area contributed by atoms with Crippen LogP contribution < -0.4 is 0 Å². The molecule has 2 aliphatic rings. The van der Waals surface area contributed by atoms with Gasteiger partial charge >= 0.3 is 0 Å². The Morgan fingerprint density at radius 2 is 2.09 bits per heavy atom. The number of rotatable bonds is 3. The predicted molar refractivity (Wildman–Crippen MR) is 81.6 cm³/mol. The summed E-state index contributed by atoms with van der Waals surface area (Å²) < 4.78 is 11.0. The van der Waals surface area contributed by atoms with E-state index in [9.17, 15) is 4.79 Å². The SMILES string of the molecule is Cc1nnc(C2COCCN2C(=O)C2CC2c2ccccc2)o1. The summed E-state index contributed by atoms with van der Waals surface area (Å²) >= 11 is 0. The second kappa shape index (κ2) is 5.77. The minimum Gasteiger partial charge on any atom is -0.423 e. The Morgan fingerprint density at radius 3 is 2.83 bits per heavy atom. The maximum absolute atomic E-state index is 12.9. The van der Waals surface area contributed by atoms with E-state index in [0.717, 1.165) is 6.42 Å². The van der Waals surface area contributed by atoms with E-state index in [1.807, 2.05) is 23.1 Å². The van der Waals surface area contributed by atoms with Crippen LogP contribution in [0.2, 0.25) is 0 Å². The molecular weight excluding hydrogens is 294 g/mol. The quantitative estimate of drug-likeness (QED) is 0.868. The lowest BCUT2D eigenvalue weighted by Gasteiger charge is -2.33. The Kier molecular flexibility index (Phi) is 3.61. The molecule has 1 aromatic heterocycles. The van der Waals surface area contributed by atoms with Crippen LogP contribution in [-0.2, 0) is 9.53 Å². The van der Waals surface area contributed by atoms with Gasteiger partial charge in [-0.05, 0) is 17.9 Å². The minimum atomic E-state index is -0.269. The number of aromatic nitrogens is 2. The van der Waals surface area contributed by atoms with Gasteiger partial charge in [0, 0.05) is 19.4 Å². The second-order valence-electron chi connectivity index (χ2n) is 6.14. The largest absolute Gasteiger partial charge is 0.423 e. The van der Waals surface area contributed by atoms with Gasteiger partial charge in [0.15, 0.2) is 0 Å². The van der Waals surface area contributed by atoms with Crippen molar-refractivity contribution in [3.05, 3.63) is 47.7 Å². The van der Waals surface area contributed by atoms with E-state index in [1.165, 1.54) is 5.56 Å². The molecule has 6 nitrogen and oxygen atoms in total. The minimum absolute atomic E-state index is 0.0574. The highest BCUT2D eigenvalue weighted by Gasteiger charge is 2.48. The van der Waals surface area contributed by atoms with Crippen molar-refractivity contribution >= 4 is 5.91 Å². The van der Waals surface area contributed by atoms with Crippen LogP contribution in [0.1, 0.15) is 35.7 Å². The fraction of sp³-hybridized carbons (Fsp3) is 0.471. The molecule has 2 fully saturated rings. The number of benzene rings is 1. The van der Waals surface area contributed by atoms with Crippen LogP contribution in [0.3, 0.4) is 0 Å². The van der Waals surface area contributed by atoms with Crippen molar-refractivity contribution in [1.29, 1.82) is 0 Å². The molecule has 1 amide bonds. The van der Waals surface area contributed by atoms with Gasteiger partial charge in [-0.3, -0.25) is 4.79 Å². The van der Waals surface area contributed by atoms with E-state index in [4.69, 9.17) is 9.15 Å².